The topological polar surface area (TPSA) is 52.3 Å². The van der Waals surface area contributed by atoms with Gasteiger partial charge in [-0.1, -0.05) is 20.3 Å². The van der Waals surface area contributed by atoms with Crippen LogP contribution in [0.15, 0.2) is 0 Å². The third kappa shape index (κ3) is 3.92. The highest BCUT2D eigenvalue weighted by atomic mass is 16.5. The zero-order valence-electron chi connectivity index (χ0n) is 9.92. The Kier molecular flexibility index (Phi) is 4.74. The highest BCUT2D eigenvalue weighted by Crippen LogP contribution is 2.21. The van der Waals surface area contributed by atoms with Gasteiger partial charge in [-0.05, 0) is 25.2 Å². The molecule has 3 nitrogen and oxygen atoms in total. The first kappa shape index (κ1) is 12.7. The lowest BCUT2D eigenvalue weighted by molar-refractivity contribution is -0.127. The summed E-state index contributed by atoms with van der Waals surface area (Å²) in [6.07, 6.45) is 4.09. The van der Waals surface area contributed by atoms with Crippen LogP contribution in [-0.2, 0) is 9.53 Å². The maximum atomic E-state index is 11.9. The Morgan fingerprint density at radius 3 is 2.53 bits per heavy atom. The van der Waals surface area contributed by atoms with Gasteiger partial charge in [-0.15, -0.1) is 0 Å². The number of carbonyl (C=O) groups is 1. The van der Waals surface area contributed by atoms with E-state index in [0.717, 1.165) is 12.8 Å². The molecule has 1 aliphatic heterocycles. The quantitative estimate of drug-likeness (QED) is 0.758. The van der Waals surface area contributed by atoms with Crippen LogP contribution in [0, 0.1) is 5.92 Å². The number of carbonyl (C=O) groups excluding carboxylic acids is 1. The number of ketones is 1. The van der Waals surface area contributed by atoms with Gasteiger partial charge in [0.25, 0.3) is 0 Å². The lowest BCUT2D eigenvalue weighted by Crippen LogP contribution is -2.51. The fourth-order valence-corrected chi connectivity index (χ4v) is 1.93. The predicted molar refractivity (Wildman–Crippen MR) is 60.7 cm³/mol. The average Bonchev–Trinajstić information content (AvgIpc) is 2.18. The second kappa shape index (κ2) is 5.61. The molecule has 3 heteroatoms. The monoisotopic (exact) mass is 213 g/mol. The SMILES string of the molecule is CC(C)CCCC(=O)C1(N)CCOCC1. The average molecular weight is 213 g/mol. The van der Waals surface area contributed by atoms with Crippen molar-refractivity contribution in [2.75, 3.05) is 13.2 Å². The summed E-state index contributed by atoms with van der Waals surface area (Å²) in [6, 6.07) is 0. The fraction of sp³-hybridized carbons (Fsp3) is 0.917. The molecule has 0 aromatic carbocycles. The van der Waals surface area contributed by atoms with Crippen molar-refractivity contribution in [1.82, 2.24) is 0 Å². The van der Waals surface area contributed by atoms with Crippen molar-refractivity contribution < 1.29 is 9.53 Å². The molecule has 1 saturated heterocycles. The van der Waals surface area contributed by atoms with Crippen LogP contribution in [0.5, 0.6) is 0 Å². The molecule has 0 aliphatic carbocycles. The number of ether oxygens (including phenoxy) is 1. The molecule has 2 N–H and O–H groups in total. The first-order chi connectivity index (χ1) is 7.04. The summed E-state index contributed by atoms with van der Waals surface area (Å²) in [5.41, 5.74) is 5.50. The summed E-state index contributed by atoms with van der Waals surface area (Å²) in [6.45, 7) is 5.62. The summed E-state index contributed by atoms with van der Waals surface area (Å²) in [7, 11) is 0. The van der Waals surface area contributed by atoms with Crippen LogP contribution in [0.3, 0.4) is 0 Å². The molecule has 0 amide bonds. The van der Waals surface area contributed by atoms with Crippen molar-refractivity contribution in [3.8, 4) is 0 Å². The fourth-order valence-electron chi connectivity index (χ4n) is 1.93. The van der Waals surface area contributed by atoms with Gasteiger partial charge in [-0.3, -0.25) is 4.79 Å². The van der Waals surface area contributed by atoms with Crippen molar-refractivity contribution in [2.45, 2.75) is 51.5 Å². The summed E-state index contributed by atoms with van der Waals surface area (Å²) in [5, 5.41) is 0. The Morgan fingerprint density at radius 1 is 1.40 bits per heavy atom. The van der Waals surface area contributed by atoms with E-state index in [2.05, 4.69) is 13.8 Å². The Labute approximate surface area is 92.4 Å². The summed E-state index contributed by atoms with van der Waals surface area (Å²) >= 11 is 0. The molecular formula is C12H23NO2. The molecule has 0 aromatic rings. The minimum Gasteiger partial charge on any atom is -0.381 e. The number of hydrogen-bond donors (Lipinski definition) is 1. The molecule has 0 radical (unpaired) electrons. The van der Waals surface area contributed by atoms with Gasteiger partial charge in [-0.2, -0.15) is 0 Å². The van der Waals surface area contributed by atoms with E-state index >= 15 is 0 Å². The summed E-state index contributed by atoms with van der Waals surface area (Å²) in [4.78, 5) is 11.9. The first-order valence-electron chi connectivity index (χ1n) is 5.94. The van der Waals surface area contributed by atoms with E-state index in [9.17, 15) is 4.79 Å². The van der Waals surface area contributed by atoms with Gasteiger partial charge in [0.15, 0.2) is 5.78 Å². The van der Waals surface area contributed by atoms with Crippen molar-refractivity contribution in [2.24, 2.45) is 11.7 Å². The van der Waals surface area contributed by atoms with Crippen molar-refractivity contribution in [3.05, 3.63) is 0 Å². The normalized spacial score (nSPS) is 20.5. The van der Waals surface area contributed by atoms with Crippen molar-refractivity contribution in [1.29, 1.82) is 0 Å². The smallest absolute Gasteiger partial charge is 0.152 e. The van der Waals surface area contributed by atoms with Gasteiger partial charge in [0.1, 0.15) is 0 Å². The van der Waals surface area contributed by atoms with E-state index in [1.54, 1.807) is 0 Å². The molecule has 0 aromatic heterocycles. The number of nitrogens with two attached hydrogens (primary N) is 1. The van der Waals surface area contributed by atoms with E-state index in [1.807, 2.05) is 0 Å². The Balaban J connectivity index is 2.31. The minimum absolute atomic E-state index is 0.228. The zero-order valence-corrected chi connectivity index (χ0v) is 9.92. The van der Waals surface area contributed by atoms with Gasteiger partial charge >= 0.3 is 0 Å². The highest BCUT2D eigenvalue weighted by molar-refractivity contribution is 5.88. The third-order valence-electron chi connectivity index (χ3n) is 3.13. The zero-order chi connectivity index (χ0) is 11.3. The predicted octanol–water partition coefficient (Wildman–Crippen LogP) is 1.89. The minimum atomic E-state index is -0.588. The summed E-state index contributed by atoms with van der Waals surface area (Å²) < 4.78 is 5.23. The maximum absolute atomic E-state index is 11.9. The van der Waals surface area contributed by atoms with Crippen LogP contribution in [-0.4, -0.2) is 24.5 Å². The van der Waals surface area contributed by atoms with Crippen molar-refractivity contribution >= 4 is 5.78 Å². The molecule has 1 aliphatic rings. The van der Waals surface area contributed by atoms with E-state index < -0.39 is 5.54 Å². The molecule has 1 rings (SSSR count). The molecule has 0 unspecified atom stereocenters. The summed E-state index contributed by atoms with van der Waals surface area (Å²) in [5.74, 6) is 0.896. The second-order valence-corrected chi connectivity index (χ2v) is 4.98. The Bertz CT molecular complexity index is 208. The molecule has 88 valence electrons. The highest BCUT2D eigenvalue weighted by Gasteiger charge is 2.34. The lowest BCUT2D eigenvalue weighted by atomic mass is 9.84. The molecular weight excluding hydrogens is 190 g/mol. The standard InChI is InChI=1S/C12H23NO2/c1-10(2)4-3-5-11(14)12(13)6-8-15-9-7-12/h10H,3-9,13H2,1-2H3. The second-order valence-electron chi connectivity index (χ2n) is 4.98. The van der Waals surface area contributed by atoms with Crippen LogP contribution in [0.4, 0.5) is 0 Å². The van der Waals surface area contributed by atoms with Crippen LogP contribution in [0.2, 0.25) is 0 Å². The number of hydrogen-bond acceptors (Lipinski definition) is 3. The molecule has 15 heavy (non-hydrogen) atoms. The Hall–Kier alpha value is -0.410. The van der Waals surface area contributed by atoms with Crippen LogP contribution < -0.4 is 5.73 Å². The largest absolute Gasteiger partial charge is 0.381 e. The van der Waals surface area contributed by atoms with Gasteiger partial charge in [0.2, 0.25) is 0 Å². The van der Waals surface area contributed by atoms with Gasteiger partial charge in [0.05, 0.1) is 5.54 Å². The van der Waals surface area contributed by atoms with Gasteiger partial charge in [0, 0.05) is 19.6 Å². The van der Waals surface area contributed by atoms with Crippen LogP contribution in [0.1, 0.15) is 46.0 Å². The van der Waals surface area contributed by atoms with E-state index in [-0.39, 0.29) is 5.78 Å². The van der Waals surface area contributed by atoms with E-state index in [4.69, 9.17) is 10.5 Å². The number of rotatable bonds is 5. The first-order valence-corrected chi connectivity index (χ1v) is 5.94. The number of Topliss-reactive ketones (excluding diaryl/α,β-unsaturated/α-hetero) is 1. The molecule has 0 saturated carbocycles. The molecule has 0 atom stereocenters. The van der Waals surface area contributed by atoms with E-state index in [1.165, 1.54) is 0 Å². The maximum Gasteiger partial charge on any atom is 0.152 e. The third-order valence-corrected chi connectivity index (χ3v) is 3.13. The molecule has 0 bridgehead atoms. The van der Waals surface area contributed by atoms with Crippen LogP contribution >= 0.6 is 0 Å². The Morgan fingerprint density at radius 2 is 2.00 bits per heavy atom. The molecule has 1 fully saturated rings. The van der Waals surface area contributed by atoms with E-state index in [0.29, 0.717) is 38.4 Å². The molecule has 0 spiro atoms. The van der Waals surface area contributed by atoms with Crippen LogP contribution in [0.25, 0.3) is 0 Å². The lowest BCUT2D eigenvalue weighted by Gasteiger charge is -2.31. The van der Waals surface area contributed by atoms with Gasteiger partial charge in [-0.25, -0.2) is 0 Å². The van der Waals surface area contributed by atoms with Crippen molar-refractivity contribution in [3.63, 3.8) is 0 Å². The molecule has 1 heterocycles. The van der Waals surface area contributed by atoms with Gasteiger partial charge < -0.3 is 10.5 Å².